The maximum atomic E-state index is 5.37. The van der Waals surface area contributed by atoms with Crippen LogP contribution in [0.2, 0.25) is 0 Å². The first kappa shape index (κ1) is 14.7. The van der Waals surface area contributed by atoms with Gasteiger partial charge < -0.3 is 9.84 Å². The molecule has 0 aliphatic rings. The van der Waals surface area contributed by atoms with Gasteiger partial charge in [-0.2, -0.15) is 4.98 Å². The van der Waals surface area contributed by atoms with Crippen molar-refractivity contribution < 1.29 is 4.52 Å². The lowest BCUT2D eigenvalue weighted by Gasteiger charge is -2.15. The summed E-state index contributed by atoms with van der Waals surface area (Å²) in [4.78, 5) is 8.57. The molecule has 0 aliphatic carbocycles. The van der Waals surface area contributed by atoms with Gasteiger partial charge in [-0.3, -0.25) is 4.98 Å². The molecule has 5 nitrogen and oxygen atoms in total. The summed E-state index contributed by atoms with van der Waals surface area (Å²) in [7, 11) is 1.97. The van der Waals surface area contributed by atoms with Crippen molar-refractivity contribution in [2.75, 3.05) is 7.05 Å². The summed E-state index contributed by atoms with van der Waals surface area (Å²) in [5, 5.41) is 7.38. The monoisotopic (exact) mass is 274 g/mol. The smallest absolute Gasteiger partial charge is 0.228 e. The molecule has 0 aromatic carbocycles. The highest BCUT2D eigenvalue weighted by atomic mass is 16.5. The Morgan fingerprint density at radius 1 is 1.35 bits per heavy atom. The van der Waals surface area contributed by atoms with Crippen molar-refractivity contribution in [1.29, 1.82) is 0 Å². The molecule has 5 heteroatoms. The number of aryl methyl sites for hydroxylation is 1. The van der Waals surface area contributed by atoms with Gasteiger partial charge in [0.25, 0.3) is 0 Å². The Kier molecular flexibility index (Phi) is 4.84. The summed E-state index contributed by atoms with van der Waals surface area (Å²) in [6.45, 7) is 6.42. The van der Waals surface area contributed by atoms with Crippen LogP contribution in [0.5, 0.6) is 0 Å². The normalized spacial score (nSPS) is 12.8. The molecule has 0 bridgehead atoms. The molecular weight excluding hydrogens is 252 g/mol. The summed E-state index contributed by atoms with van der Waals surface area (Å²) in [6.07, 6.45) is 5.39. The zero-order valence-electron chi connectivity index (χ0n) is 12.6. The Balaban J connectivity index is 2.11. The molecule has 0 amide bonds. The molecule has 0 spiro atoms. The van der Waals surface area contributed by atoms with Gasteiger partial charge >= 0.3 is 0 Å². The molecule has 108 valence electrons. The number of pyridine rings is 1. The number of likely N-dealkylation sites (N-methyl/N-ethyl adjacent to an activating group) is 1. The SMILES string of the molecule is CNC(Cc1nc(-c2ccncc2C)no1)CC(C)C. The molecule has 0 radical (unpaired) electrons. The molecular formula is C15H22N4O. The van der Waals surface area contributed by atoms with E-state index in [0.29, 0.717) is 23.7 Å². The third kappa shape index (κ3) is 3.63. The van der Waals surface area contributed by atoms with E-state index in [1.807, 2.05) is 20.0 Å². The number of hydrogen-bond donors (Lipinski definition) is 1. The van der Waals surface area contributed by atoms with E-state index < -0.39 is 0 Å². The second-order valence-corrected chi connectivity index (χ2v) is 5.52. The molecule has 2 aromatic heterocycles. The van der Waals surface area contributed by atoms with Gasteiger partial charge in [0, 0.05) is 30.4 Å². The van der Waals surface area contributed by atoms with E-state index in [1.54, 1.807) is 12.4 Å². The molecule has 1 unspecified atom stereocenters. The number of aromatic nitrogens is 3. The number of nitrogens with zero attached hydrogens (tertiary/aromatic N) is 3. The average molecular weight is 274 g/mol. The van der Waals surface area contributed by atoms with Crippen molar-refractivity contribution in [3.8, 4) is 11.4 Å². The van der Waals surface area contributed by atoms with Gasteiger partial charge in [0.05, 0.1) is 0 Å². The van der Waals surface area contributed by atoms with E-state index >= 15 is 0 Å². The lowest BCUT2D eigenvalue weighted by Crippen LogP contribution is -2.29. The van der Waals surface area contributed by atoms with Crippen molar-refractivity contribution in [2.24, 2.45) is 5.92 Å². The van der Waals surface area contributed by atoms with Crippen LogP contribution in [0.15, 0.2) is 23.0 Å². The van der Waals surface area contributed by atoms with Crippen LogP contribution in [-0.4, -0.2) is 28.2 Å². The minimum Gasteiger partial charge on any atom is -0.339 e. The number of hydrogen-bond acceptors (Lipinski definition) is 5. The second kappa shape index (κ2) is 6.61. The van der Waals surface area contributed by atoms with Crippen molar-refractivity contribution >= 4 is 0 Å². The zero-order valence-corrected chi connectivity index (χ0v) is 12.6. The molecule has 0 aliphatic heterocycles. The van der Waals surface area contributed by atoms with Gasteiger partial charge in [0.1, 0.15) is 0 Å². The number of rotatable bonds is 6. The summed E-state index contributed by atoms with van der Waals surface area (Å²) in [6, 6.07) is 2.27. The van der Waals surface area contributed by atoms with Crippen LogP contribution < -0.4 is 5.32 Å². The highest BCUT2D eigenvalue weighted by Crippen LogP contribution is 2.19. The van der Waals surface area contributed by atoms with Crippen LogP contribution in [0.25, 0.3) is 11.4 Å². The van der Waals surface area contributed by atoms with Gasteiger partial charge in [-0.25, -0.2) is 0 Å². The van der Waals surface area contributed by atoms with Crippen LogP contribution in [0.3, 0.4) is 0 Å². The fourth-order valence-corrected chi connectivity index (χ4v) is 2.25. The third-order valence-corrected chi connectivity index (χ3v) is 3.31. The second-order valence-electron chi connectivity index (χ2n) is 5.52. The van der Waals surface area contributed by atoms with Crippen molar-refractivity contribution in [2.45, 2.75) is 39.7 Å². The summed E-state index contributed by atoms with van der Waals surface area (Å²) in [5.74, 6) is 1.95. The first-order valence-corrected chi connectivity index (χ1v) is 7.01. The summed E-state index contributed by atoms with van der Waals surface area (Å²) >= 11 is 0. The Labute approximate surface area is 119 Å². The molecule has 1 atom stereocenters. The van der Waals surface area contributed by atoms with Gasteiger partial charge in [-0.15, -0.1) is 0 Å². The molecule has 20 heavy (non-hydrogen) atoms. The maximum Gasteiger partial charge on any atom is 0.228 e. The molecule has 0 saturated heterocycles. The molecule has 1 N–H and O–H groups in total. The van der Waals surface area contributed by atoms with Crippen LogP contribution >= 0.6 is 0 Å². The standard InChI is InChI=1S/C15H22N4O/c1-10(2)7-12(16-4)8-14-18-15(19-20-14)13-5-6-17-9-11(13)3/h5-6,9-10,12,16H,7-8H2,1-4H3. The first-order valence-electron chi connectivity index (χ1n) is 7.01. The highest BCUT2D eigenvalue weighted by Gasteiger charge is 2.16. The Morgan fingerprint density at radius 3 is 2.80 bits per heavy atom. The Hall–Kier alpha value is -1.75. The molecule has 2 aromatic rings. The topological polar surface area (TPSA) is 63.8 Å². The van der Waals surface area contributed by atoms with E-state index in [0.717, 1.165) is 24.0 Å². The van der Waals surface area contributed by atoms with E-state index in [1.165, 1.54) is 0 Å². The van der Waals surface area contributed by atoms with E-state index in [4.69, 9.17) is 4.52 Å². The molecule has 0 saturated carbocycles. The van der Waals surface area contributed by atoms with Crippen LogP contribution in [0.1, 0.15) is 31.7 Å². The van der Waals surface area contributed by atoms with Crippen molar-refractivity contribution in [1.82, 2.24) is 20.4 Å². The first-order chi connectivity index (χ1) is 9.60. The molecule has 0 fully saturated rings. The Morgan fingerprint density at radius 2 is 2.15 bits per heavy atom. The quantitative estimate of drug-likeness (QED) is 0.877. The number of nitrogens with one attached hydrogen (secondary N) is 1. The largest absolute Gasteiger partial charge is 0.339 e. The maximum absolute atomic E-state index is 5.37. The highest BCUT2D eigenvalue weighted by molar-refractivity contribution is 5.57. The van der Waals surface area contributed by atoms with E-state index in [-0.39, 0.29) is 0 Å². The predicted octanol–water partition coefficient (Wildman–Crippen LogP) is 2.62. The minimum atomic E-state index is 0.363. The van der Waals surface area contributed by atoms with Gasteiger partial charge in [-0.1, -0.05) is 19.0 Å². The van der Waals surface area contributed by atoms with Crippen molar-refractivity contribution in [3.63, 3.8) is 0 Å². The van der Waals surface area contributed by atoms with Crippen LogP contribution in [-0.2, 0) is 6.42 Å². The van der Waals surface area contributed by atoms with Crippen LogP contribution in [0.4, 0.5) is 0 Å². The molecule has 2 rings (SSSR count). The summed E-state index contributed by atoms with van der Waals surface area (Å²) < 4.78 is 5.37. The Bertz CT molecular complexity index is 550. The lowest BCUT2D eigenvalue weighted by molar-refractivity contribution is 0.345. The summed E-state index contributed by atoms with van der Waals surface area (Å²) in [5.41, 5.74) is 2.02. The fourth-order valence-electron chi connectivity index (χ4n) is 2.25. The van der Waals surface area contributed by atoms with Gasteiger partial charge in [0.15, 0.2) is 0 Å². The minimum absolute atomic E-state index is 0.363. The average Bonchev–Trinajstić information content (AvgIpc) is 2.86. The van der Waals surface area contributed by atoms with Crippen molar-refractivity contribution in [3.05, 3.63) is 29.9 Å². The van der Waals surface area contributed by atoms with Gasteiger partial charge in [-0.05, 0) is 37.9 Å². The molecule has 2 heterocycles. The fraction of sp³-hybridized carbons (Fsp3) is 0.533. The zero-order chi connectivity index (χ0) is 14.5. The van der Waals surface area contributed by atoms with Gasteiger partial charge in [0.2, 0.25) is 11.7 Å². The van der Waals surface area contributed by atoms with E-state index in [2.05, 4.69) is 34.3 Å². The van der Waals surface area contributed by atoms with Crippen LogP contribution in [0, 0.1) is 12.8 Å². The predicted molar refractivity (Wildman–Crippen MR) is 78.3 cm³/mol. The third-order valence-electron chi connectivity index (χ3n) is 3.31. The van der Waals surface area contributed by atoms with E-state index in [9.17, 15) is 0 Å². The lowest BCUT2D eigenvalue weighted by atomic mass is 10.0.